The summed E-state index contributed by atoms with van der Waals surface area (Å²) in [5.74, 6) is -0.548. The number of nitrogens with zero attached hydrogens (tertiary/aromatic N) is 1. The molecule has 0 amide bonds. The second kappa shape index (κ2) is 7.45. The molecule has 1 aromatic carbocycles. The van der Waals surface area contributed by atoms with Gasteiger partial charge < -0.3 is 5.11 Å². The van der Waals surface area contributed by atoms with Gasteiger partial charge in [-0.25, -0.2) is 8.42 Å². The summed E-state index contributed by atoms with van der Waals surface area (Å²) in [6.07, 6.45) is 0.250. The summed E-state index contributed by atoms with van der Waals surface area (Å²) in [5.41, 5.74) is 1.73. The molecule has 0 heterocycles. The Bertz CT molecular complexity index is 564. The zero-order valence-electron chi connectivity index (χ0n) is 12.7. The summed E-state index contributed by atoms with van der Waals surface area (Å²) < 4.78 is 25.7. The minimum atomic E-state index is -3.40. The lowest BCUT2D eigenvalue weighted by molar-refractivity contribution is -0.137. The van der Waals surface area contributed by atoms with Gasteiger partial charge in [-0.1, -0.05) is 26.0 Å². The minimum Gasteiger partial charge on any atom is -0.481 e. The van der Waals surface area contributed by atoms with Crippen molar-refractivity contribution < 1.29 is 18.3 Å². The number of rotatable bonds is 8. The lowest BCUT2D eigenvalue weighted by Crippen LogP contribution is -2.33. The first-order chi connectivity index (χ1) is 9.77. The van der Waals surface area contributed by atoms with Crippen molar-refractivity contribution in [2.45, 2.75) is 39.5 Å². The Balaban J connectivity index is 2.98. The van der Waals surface area contributed by atoms with Gasteiger partial charge in [0.25, 0.3) is 0 Å². The number of carboxylic acid groups (broad SMARTS) is 1. The maximum absolute atomic E-state index is 12.2. The highest BCUT2D eigenvalue weighted by Gasteiger charge is 2.20. The molecular weight excluding hydrogens is 290 g/mol. The molecule has 0 aliphatic carbocycles. The lowest BCUT2D eigenvalue weighted by Gasteiger charge is -2.24. The van der Waals surface area contributed by atoms with Crippen LogP contribution in [-0.2, 0) is 14.8 Å². The Hall–Kier alpha value is -1.56. The molecule has 1 rings (SSSR count). The maximum Gasteiger partial charge on any atom is 0.303 e. The highest BCUT2D eigenvalue weighted by Crippen LogP contribution is 2.23. The zero-order valence-corrected chi connectivity index (χ0v) is 13.6. The van der Waals surface area contributed by atoms with Gasteiger partial charge in [-0.05, 0) is 37.0 Å². The van der Waals surface area contributed by atoms with Gasteiger partial charge in [0, 0.05) is 13.0 Å². The van der Waals surface area contributed by atoms with E-state index in [1.807, 2.05) is 12.1 Å². The van der Waals surface area contributed by atoms with Crippen LogP contribution in [-0.4, -0.2) is 31.8 Å². The standard InChI is InChI=1S/C15H23NO4S/c1-4-21(19,20)16(11-5-6-15(17)18)14-9-7-13(8-10-14)12(2)3/h7-10,12H,4-6,11H2,1-3H3,(H,17,18). The largest absolute Gasteiger partial charge is 0.481 e. The average Bonchev–Trinajstić information content (AvgIpc) is 2.43. The molecule has 0 atom stereocenters. The van der Waals surface area contributed by atoms with Gasteiger partial charge in [0.1, 0.15) is 0 Å². The van der Waals surface area contributed by atoms with E-state index in [1.54, 1.807) is 19.1 Å². The number of sulfonamides is 1. The normalized spacial score (nSPS) is 11.6. The summed E-state index contributed by atoms with van der Waals surface area (Å²) >= 11 is 0. The van der Waals surface area contributed by atoms with E-state index < -0.39 is 16.0 Å². The second-order valence-corrected chi connectivity index (χ2v) is 7.40. The summed E-state index contributed by atoms with van der Waals surface area (Å²) in [6.45, 7) is 5.91. The Kier molecular flexibility index (Phi) is 6.20. The van der Waals surface area contributed by atoms with Crippen LogP contribution in [0, 0.1) is 0 Å². The van der Waals surface area contributed by atoms with Crippen LogP contribution in [0.3, 0.4) is 0 Å². The van der Waals surface area contributed by atoms with Crippen LogP contribution >= 0.6 is 0 Å². The van der Waals surface area contributed by atoms with E-state index in [0.29, 0.717) is 18.0 Å². The van der Waals surface area contributed by atoms with Crippen LogP contribution in [0.4, 0.5) is 5.69 Å². The molecule has 0 aliphatic rings. The summed E-state index contributed by atoms with van der Waals surface area (Å²) in [4.78, 5) is 10.6. The fourth-order valence-corrected chi connectivity index (χ4v) is 3.15. The van der Waals surface area contributed by atoms with Crippen LogP contribution in [0.2, 0.25) is 0 Å². The monoisotopic (exact) mass is 313 g/mol. The molecule has 1 aromatic rings. The van der Waals surface area contributed by atoms with Gasteiger partial charge in [-0.2, -0.15) is 0 Å². The van der Waals surface area contributed by atoms with Gasteiger partial charge in [-0.15, -0.1) is 0 Å². The molecule has 0 saturated carbocycles. The van der Waals surface area contributed by atoms with Crippen molar-refractivity contribution in [1.29, 1.82) is 0 Å². The minimum absolute atomic E-state index is 0.00793. The second-order valence-electron chi connectivity index (χ2n) is 5.22. The third-order valence-corrected chi connectivity index (χ3v) is 5.09. The maximum atomic E-state index is 12.2. The van der Waals surface area contributed by atoms with E-state index in [9.17, 15) is 13.2 Å². The molecule has 0 unspecified atom stereocenters. The van der Waals surface area contributed by atoms with E-state index in [2.05, 4.69) is 13.8 Å². The van der Waals surface area contributed by atoms with Gasteiger partial charge in [-0.3, -0.25) is 9.10 Å². The van der Waals surface area contributed by atoms with Crippen molar-refractivity contribution in [2.75, 3.05) is 16.6 Å². The first kappa shape index (κ1) is 17.5. The van der Waals surface area contributed by atoms with Gasteiger partial charge in [0.2, 0.25) is 10.0 Å². The van der Waals surface area contributed by atoms with E-state index in [4.69, 9.17) is 5.11 Å². The van der Waals surface area contributed by atoms with Gasteiger partial charge in [0.05, 0.1) is 11.4 Å². The predicted octanol–water partition coefficient (Wildman–Crippen LogP) is 2.83. The van der Waals surface area contributed by atoms with Gasteiger partial charge >= 0.3 is 5.97 Å². The molecule has 1 N–H and O–H groups in total. The number of carboxylic acids is 1. The van der Waals surface area contributed by atoms with Crippen molar-refractivity contribution in [3.05, 3.63) is 29.8 Å². The number of hydrogen-bond donors (Lipinski definition) is 1. The first-order valence-corrected chi connectivity index (χ1v) is 8.71. The first-order valence-electron chi connectivity index (χ1n) is 7.10. The molecule has 0 fully saturated rings. The van der Waals surface area contributed by atoms with Crippen LogP contribution in [0.25, 0.3) is 0 Å². The quantitative estimate of drug-likeness (QED) is 0.801. The Morgan fingerprint density at radius 1 is 1.24 bits per heavy atom. The Labute approximate surface area is 126 Å². The van der Waals surface area contributed by atoms with Crippen molar-refractivity contribution in [3.8, 4) is 0 Å². The van der Waals surface area contributed by atoms with Crippen molar-refractivity contribution in [3.63, 3.8) is 0 Å². The van der Waals surface area contributed by atoms with Crippen molar-refractivity contribution >= 4 is 21.7 Å². The molecule has 21 heavy (non-hydrogen) atoms. The molecule has 0 aliphatic heterocycles. The van der Waals surface area contributed by atoms with E-state index in [0.717, 1.165) is 5.56 Å². The van der Waals surface area contributed by atoms with Crippen LogP contribution in [0.5, 0.6) is 0 Å². The molecule has 0 saturated heterocycles. The van der Waals surface area contributed by atoms with E-state index in [1.165, 1.54) is 4.31 Å². The number of hydrogen-bond acceptors (Lipinski definition) is 3. The fraction of sp³-hybridized carbons (Fsp3) is 0.533. The van der Waals surface area contributed by atoms with E-state index >= 15 is 0 Å². The number of aliphatic carboxylic acids is 1. The molecule has 6 heteroatoms. The van der Waals surface area contributed by atoms with Crippen LogP contribution < -0.4 is 4.31 Å². The van der Waals surface area contributed by atoms with Gasteiger partial charge in [0.15, 0.2) is 0 Å². The smallest absolute Gasteiger partial charge is 0.303 e. The summed E-state index contributed by atoms with van der Waals surface area (Å²) in [5, 5.41) is 8.69. The number of carbonyl (C=O) groups is 1. The molecule has 0 radical (unpaired) electrons. The van der Waals surface area contributed by atoms with Crippen LogP contribution in [0.1, 0.15) is 45.1 Å². The lowest BCUT2D eigenvalue weighted by atomic mass is 10.0. The third kappa shape index (κ3) is 5.04. The topological polar surface area (TPSA) is 74.7 Å². The van der Waals surface area contributed by atoms with Crippen molar-refractivity contribution in [2.24, 2.45) is 0 Å². The zero-order chi connectivity index (χ0) is 16.0. The Morgan fingerprint density at radius 3 is 2.24 bits per heavy atom. The highest BCUT2D eigenvalue weighted by molar-refractivity contribution is 7.92. The molecule has 118 valence electrons. The highest BCUT2D eigenvalue weighted by atomic mass is 32.2. The number of anilines is 1. The SMILES string of the molecule is CCS(=O)(=O)N(CCCC(=O)O)c1ccc(C(C)C)cc1. The molecule has 0 bridgehead atoms. The summed E-state index contributed by atoms with van der Waals surface area (Å²) in [6, 6.07) is 7.39. The molecular formula is C15H23NO4S. The number of benzene rings is 1. The average molecular weight is 313 g/mol. The molecule has 5 nitrogen and oxygen atoms in total. The fourth-order valence-electron chi connectivity index (χ4n) is 1.98. The third-order valence-electron chi connectivity index (χ3n) is 3.30. The van der Waals surface area contributed by atoms with E-state index in [-0.39, 0.29) is 18.7 Å². The predicted molar refractivity (Wildman–Crippen MR) is 84.2 cm³/mol. The molecule has 0 aromatic heterocycles. The Morgan fingerprint density at radius 2 is 1.81 bits per heavy atom. The summed E-state index contributed by atoms with van der Waals surface area (Å²) in [7, 11) is -3.40. The van der Waals surface area contributed by atoms with Crippen LogP contribution in [0.15, 0.2) is 24.3 Å². The molecule has 0 spiro atoms. The van der Waals surface area contributed by atoms with Crippen molar-refractivity contribution in [1.82, 2.24) is 0 Å².